The van der Waals surface area contributed by atoms with Gasteiger partial charge < -0.3 is 35.4 Å². The fourth-order valence-electron chi connectivity index (χ4n) is 6.24. The standard InChI is InChI=1S/C38H42O7/c39-30-13-2-25(3-14-30)1-10-29(23-34(43)19-8-26-4-15-31(40)16-5-26)37-36(44)24-35(22-9-27-6-17-32(41)18-7-27)45-38(37)28-11-20-33(42)21-12-28/h1-7,10-18,20-21,29,34-44H,8-9,19,22-24H2/t29-,34+,35+,36-,37-,38+/m0/s1. The Hall–Kier alpha value is -4.30. The number of aliphatic hydroxyl groups excluding tert-OH is 2. The summed E-state index contributed by atoms with van der Waals surface area (Å²) in [5.74, 6) is 0.0948. The van der Waals surface area contributed by atoms with Crippen LogP contribution in [0.3, 0.4) is 0 Å². The van der Waals surface area contributed by atoms with Crippen molar-refractivity contribution in [3.05, 3.63) is 125 Å². The Labute approximate surface area is 264 Å². The van der Waals surface area contributed by atoms with Crippen molar-refractivity contribution in [3.63, 3.8) is 0 Å². The van der Waals surface area contributed by atoms with Crippen LogP contribution in [0.4, 0.5) is 0 Å². The van der Waals surface area contributed by atoms with Crippen molar-refractivity contribution in [2.75, 3.05) is 0 Å². The van der Waals surface area contributed by atoms with Gasteiger partial charge in [-0.1, -0.05) is 60.7 Å². The lowest BCUT2D eigenvalue weighted by Crippen LogP contribution is -2.43. The van der Waals surface area contributed by atoms with E-state index in [1.54, 1.807) is 48.5 Å². The molecule has 1 aliphatic heterocycles. The normalized spacial score (nSPS) is 21.5. The minimum Gasteiger partial charge on any atom is -0.508 e. The molecule has 1 aliphatic rings. The van der Waals surface area contributed by atoms with E-state index in [0.717, 1.165) is 28.7 Å². The van der Waals surface area contributed by atoms with Gasteiger partial charge in [-0.25, -0.2) is 0 Å². The summed E-state index contributed by atoms with van der Waals surface area (Å²) in [7, 11) is 0. The van der Waals surface area contributed by atoms with E-state index in [1.807, 2.05) is 60.7 Å². The highest BCUT2D eigenvalue weighted by atomic mass is 16.5. The SMILES string of the molecule is Oc1ccc(C=C[C@@H](C[C@H](O)CCc2ccc(O)cc2)[C@@H]2[C@@H](c3ccc(O)cc3)O[C@H](CCc3ccc(O)cc3)C[C@@H]2O)cc1. The van der Waals surface area contributed by atoms with E-state index in [2.05, 4.69) is 0 Å². The molecule has 236 valence electrons. The maximum atomic E-state index is 11.8. The third-order valence-corrected chi connectivity index (χ3v) is 8.72. The molecule has 0 amide bonds. The summed E-state index contributed by atoms with van der Waals surface area (Å²) in [5, 5.41) is 62.0. The van der Waals surface area contributed by atoms with Crippen LogP contribution < -0.4 is 0 Å². The Bertz CT molecular complexity index is 1500. The van der Waals surface area contributed by atoms with E-state index in [0.29, 0.717) is 32.1 Å². The average molecular weight is 611 g/mol. The fraction of sp³-hybridized carbons (Fsp3) is 0.316. The van der Waals surface area contributed by atoms with Crippen molar-refractivity contribution in [1.82, 2.24) is 0 Å². The maximum absolute atomic E-state index is 11.8. The zero-order valence-electron chi connectivity index (χ0n) is 25.2. The average Bonchev–Trinajstić information content (AvgIpc) is 3.03. The predicted molar refractivity (Wildman–Crippen MR) is 174 cm³/mol. The first-order valence-corrected chi connectivity index (χ1v) is 15.6. The van der Waals surface area contributed by atoms with Crippen LogP contribution in [0, 0.1) is 11.8 Å². The quantitative estimate of drug-likeness (QED) is 0.106. The van der Waals surface area contributed by atoms with Crippen LogP contribution in [-0.2, 0) is 17.6 Å². The molecule has 0 aromatic heterocycles. The van der Waals surface area contributed by atoms with E-state index in [9.17, 15) is 30.6 Å². The molecule has 0 aliphatic carbocycles. The number of allylic oxidation sites excluding steroid dienone is 1. The molecular weight excluding hydrogens is 568 g/mol. The maximum Gasteiger partial charge on any atom is 0.115 e. The third-order valence-electron chi connectivity index (χ3n) is 8.72. The molecule has 0 radical (unpaired) electrons. The highest BCUT2D eigenvalue weighted by molar-refractivity contribution is 5.51. The smallest absolute Gasteiger partial charge is 0.115 e. The van der Waals surface area contributed by atoms with Crippen molar-refractivity contribution in [1.29, 1.82) is 0 Å². The Morgan fingerprint density at radius 2 is 1.20 bits per heavy atom. The van der Waals surface area contributed by atoms with Crippen LogP contribution >= 0.6 is 0 Å². The molecule has 0 bridgehead atoms. The first-order chi connectivity index (χ1) is 21.7. The summed E-state index contributed by atoms with van der Waals surface area (Å²) in [4.78, 5) is 0. The first kappa shape index (κ1) is 32.1. The molecule has 0 saturated carbocycles. The molecule has 0 spiro atoms. The summed E-state index contributed by atoms with van der Waals surface area (Å²) in [6.45, 7) is 0. The minimum absolute atomic E-state index is 0.143. The monoisotopic (exact) mass is 610 g/mol. The van der Waals surface area contributed by atoms with Crippen LogP contribution in [0.5, 0.6) is 23.0 Å². The number of hydrogen-bond donors (Lipinski definition) is 6. The number of hydrogen-bond acceptors (Lipinski definition) is 7. The summed E-state index contributed by atoms with van der Waals surface area (Å²) < 4.78 is 6.75. The molecule has 6 atom stereocenters. The molecule has 4 aromatic carbocycles. The van der Waals surface area contributed by atoms with Crippen molar-refractivity contribution < 1.29 is 35.4 Å². The predicted octanol–water partition coefficient (Wildman–Crippen LogP) is 6.66. The molecule has 5 rings (SSSR count). The number of ether oxygens (including phenoxy) is 1. The number of aryl methyl sites for hydroxylation is 2. The van der Waals surface area contributed by atoms with Gasteiger partial charge in [-0.15, -0.1) is 0 Å². The zero-order chi connectivity index (χ0) is 31.8. The Morgan fingerprint density at radius 3 is 1.78 bits per heavy atom. The van der Waals surface area contributed by atoms with Crippen LogP contribution in [0.2, 0.25) is 0 Å². The fourth-order valence-corrected chi connectivity index (χ4v) is 6.24. The van der Waals surface area contributed by atoms with E-state index < -0.39 is 18.3 Å². The number of aromatic hydroxyl groups is 4. The van der Waals surface area contributed by atoms with Gasteiger partial charge in [0, 0.05) is 5.92 Å². The largest absolute Gasteiger partial charge is 0.508 e. The molecule has 7 heteroatoms. The molecule has 1 fully saturated rings. The van der Waals surface area contributed by atoms with E-state index >= 15 is 0 Å². The van der Waals surface area contributed by atoms with Gasteiger partial charge in [0.15, 0.2) is 0 Å². The van der Waals surface area contributed by atoms with Crippen LogP contribution in [0.25, 0.3) is 6.08 Å². The summed E-state index contributed by atoms with van der Waals surface area (Å²) in [6, 6.07) is 27.8. The third kappa shape index (κ3) is 9.11. The van der Waals surface area contributed by atoms with E-state index in [-0.39, 0.29) is 40.9 Å². The first-order valence-electron chi connectivity index (χ1n) is 15.6. The summed E-state index contributed by atoms with van der Waals surface area (Å²) in [5.41, 5.74) is 3.81. The van der Waals surface area contributed by atoms with Crippen molar-refractivity contribution in [2.45, 2.75) is 62.9 Å². The Balaban J connectivity index is 1.39. The van der Waals surface area contributed by atoms with Crippen molar-refractivity contribution >= 4 is 6.08 Å². The number of benzene rings is 4. The van der Waals surface area contributed by atoms with Crippen molar-refractivity contribution in [3.8, 4) is 23.0 Å². The topological polar surface area (TPSA) is 131 Å². The van der Waals surface area contributed by atoms with Crippen molar-refractivity contribution in [2.24, 2.45) is 11.8 Å². The van der Waals surface area contributed by atoms with Gasteiger partial charge in [0.05, 0.1) is 24.4 Å². The van der Waals surface area contributed by atoms with Crippen LogP contribution in [0.1, 0.15) is 54.0 Å². The lowest BCUT2D eigenvalue weighted by Gasteiger charge is -2.44. The minimum atomic E-state index is -0.721. The zero-order valence-corrected chi connectivity index (χ0v) is 25.2. The van der Waals surface area contributed by atoms with Crippen LogP contribution in [-0.4, -0.2) is 49.0 Å². The van der Waals surface area contributed by atoms with E-state index in [4.69, 9.17) is 4.74 Å². The van der Waals surface area contributed by atoms with Gasteiger partial charge in [-0.3, -0.25) is 0 Å². The second-order valence-electron chi connectivity index (χ2n) is 12.1. The molecule has 1 saturated heterocycles. The number of phenols is 4. The van der Waals surface area contributed by atoms with Crippen LogP contribution in [0.15, 0.2) is 103 Å². The van der Waals surface area contributed by atoms with Gasteiger partial charge in [-0.2, -0.15) is 0 Å². The Kier molecular flexibility index (Phi) is 10.8. The van der Waals surface area contributed by atoms with E-state index in [1.165, 1.54) is 0 Å². The molecule has 4 aromatic rings. The van der Waals surface area contributed by atoms with Gasteiger partial charge in [-0.05, 0) is 115 Å². The van der Waals surface area contributed by atoms with Gasteiger partial charge >= 0.3 is 0 Å². The summed E-state index contributed by atoms with van der Waals surface area (Å²) in [6.07, 6.45) is 5.28. The Morgan fingerprint density at radius 1 is 0.689 bits per heavy atom. The highest BCUT2D eigenvalue weighted by Gasteiger charge is 2.42. The molecule has 6 N–H and O–H groups in total. The molecule has 1 heterocycles. The number of aliphatic hydroxyl groups is 2. The number of rotatable bonds is 12. The molecule has 45 heavy (non-hydrogen) atoms. The second-order valence-corrected chi connectivity index (χ2v) is 12.1. The molecule has 7 nitrogen and oxygen atoms in total. The van der Waals surface area contributed by atoms with Gasteiger partial charge in [0.1, 0.15) is 23.0 Å². The number of phenolic OH excluding ortho intramolecular Hbond substituents is 4. The molecule has 0 unspecified atom stereocenters. The van der Waals surface area contributed by atoms with Gasteiger partial charge in [0.2, 0.25) is 0 Å². The summed E-state index contributed by atoms with van der Waals surface area (Å²) >= 11 is 0. The lowest BCUT2D eigenvalue weighted by atomic mass is 9.73. The highest BCUT2D eigenvalue weighted by Crippen LogP contribution is 2.44. The lowest BCUT2D eigenvalue weighted by molar-refractivity contribution is -0.153. The van der Waals surface area contributed by atoms with Gasteiger partial charge in [0.25, 0.3) is 0 Å². The second kappa shape index (κ2) is 15.1. The molecular formula is C38H42O7.